The fourth-order valence-corrected chi connectivity index (χ4v) is 4.44. The van der Waals surface area contributed by atoms with Gasteiger partial charge in [-0.25, -0.2) is 15.0 Å². The third-order valence-corrected chi connectivity index (χ3v) is 6.45. The smallest absolute Gasteiger partial charge is 0.416 e. The second kappa shape index (κ2) is 12.0. The molecule has 0 bridgehead atoms. The summed E-state index contributed by atoms with van der Waals surface area (Å²) in [6.07, 6.45) is 5.03. The van der Waals surface area contributed by atoms with Crippen molar-refractivity contribution in [3.05, 3.63) is 71.7 Å². The number of rotatable bonds is 10. The Bertz CT molecular complexity index is 1230. The maximum atomic E-state index is 12.8. The molecule has 1 fully saturated rings. The van der Waals surface area contributed by atoms with Crippen molar-refractivity contribution in [1.29, 1.82) is 0 Å². The van der Waals surface area contributed by atoms with Gasteiger partial charge in [-0.1, -0.05) is 25.0 Å². The zero-order chi connectivity index (χ0) is 27.1. The lowest BCUT2D eigenvalue weighted by atomic mass is 10.1. The highest BCUT2D eigenvalue weighted by Crippen LogP contribution is 2.31. The lowest BCUT2D eigenvalue weighted by Crippen LogP contribution is -2.33. The van der Waals surface area contributed by atoms with Crippen molar-refractivity contribution in [2.24, 2.45) is 0 Å². The van der Waals surface area contributed by atoms with Gasteiger partial charge >= 0.3 is 12.1 Å². The Morgan fingerprint density at radius 2 is 1.66 bits per heavy atom. The average Bonchev–Trinajstić information content (AvgIpc) is 3.44. The number of carbonyl (C=O) groups excluding carboxylic acids is 1. The molecule has 3 aromatic rings. The molecule has 1 aliphatic carbocycles. The van der Waals surface area contributed by atoms with Crippen LogP contribution in [0.5, 0.6) is 0 Å². The molecule has 2 aromatic heterocycles. The van der Waals surface area contributed by atoms with Gasteiger partial charge in [0.25, 0.3) is 5.91 Å². The lowest BCUT2D eigenvalue weighted by Gasteiger charge is -2.30. The number of hydrogen-bond donors (Lipinski definition) is 2. The molecular weight excluding hydrogens is 499 g/mol. The Kier molecular flexibility index (Phi) is 8.55. The van der Waals surface area contributed by atoms with Crippen LogP contribution >= 0.6 is 0 Å². The van der Waals surface area contributed by atoms with Crippen molar-refractivity contribution < 1.29 is 27.9 Å². The van der Waals surface area contributed by atoms with Crippen molar-refractivity contribution in [3.63, 3.8) is 0 Å². The third kappa shape index (κ3) is 7.05. The second-order valence-corrected chi connectivity index (χ2v) is 9.21. The molecule has 2 heterocycles. The maximum Gasteiger partial charge on any atom is 0.416 e. The zero-order valence-electron chi connectivity index (χ0n) is 20.6. The number of nitrogens with zero attached hydrogens (tertiary/aromatic N) is 4. The van der Waals surface area contributed by atoms with Crippen molar-refractivity contribution in [3.8, 4) is 11.4 Å². The molecule has 8 nitrogen and oxygen atoms in total. The summed E-state index contributed by atoms with van der Waals surface area (Å²) < 4.78 is 38.5. The molecule has 1 amide bonds. The van der Waals surface area contributed by atoms with Gasteiger partial charge in [-0.15, -0.1) is 0 Å². The van der Waals surface area contributed by atoms with Gasteiger partial charge in [-0.2, -0.15) is 13.2 Å². The number of anilines is 1. The third-order valence-electron chi connectivity index (χ3n) is 6.45. The van der Waals surface area contributed by atoms with E-state index >= 15 is 0 Å². The largest absolute Gasteiger partial charge is 0.481 e. The summed E-state index contributed by atoms with van der Waals surface area (Å²) in [4.78, 5) is 38.4. The number of alkyl halides is 3. The van der Waals surface area contributed by atoms with E-state index in [9.17, 15) is 22.8 Å². The normalized spacial score (nSPS) is 13.9. The van der Waals surface area contributed by atoms with E-state index in [2.05, 4.69) is 25.2 Å². The number of aliphatic carboxylic acids is 1. The van der Waals surface area contributed by atoms with Crippen LogP contribution in [0.1, 0.15) is 60.0 Å². The number of benzene rings is 1. The standard InChI is InChI=1S/C27H28F3N5O3/c28-27(29,30)21-10-7-19(8-11-21)25-33-14-18(15-34-25)17-35(22-4-1-2-5-22)23-12-9-20(16-32-23)26(38)31-13-3-6-24(36)37/h7-12,14-16,22H,1-6,13,17H2,(H,31,38)(H,36,37). The number of pyridine rings is 1. The Hall–Kier alpha value is -4.02. The van der Waals surface area contributed by atoms with Gasteiger partial charge in [-0.3, -0.25) is 9.59 Å². The van der Waals surface area contributed by atoms with Crippen molar-refractivity contribution >= 4 is 17.7 Å². The predicted octanol–water partition coefficient (Wildman–Crippen LogP) is 5.10. The zero-order valence-corrected chi connectivity index (χ0v) is 20.6. The van der Waals surface area contributed by atoms with Crippen LogP contribution in [0, 0.1) is 0 Å². The molecule has 0 atom stereocenters. The Morgan fingerprint density at radius 3 is 2.24 bits per heavy atom. The first-order valence-corrected chi connectivity index (χ1v) is 12.4. The number of carboxylic acid groups (broad SMARTS) is 1. The number of carbonyl (C=O) groups is 2. The number of amides is 1. The second-order valence-electron chi connectivity index (χ2n) is 9.21. The van der Waals surface area contributed by atoms with E-state index in [1.165, 1.54) is 18.3 Å². The summed E-state index contributed by atoms with van der Waals surface area (Å²) in [5, 5.41) is 11.4. The minimum absolute atomic E-state index is 0.0111. The number of halogens is 3. The van der Waals surface area contributed by atoms with Crippen LogP contribution in [-0.2, 0) is 17.5 Å². The van der Waals surface area contributed by atoms with Crippen molar-refractivity contribution in [2.45, 2.75) is 57.3 Å². The number of nitrogens with one attached hydrogen (secondary N) is 1. The van der Waals surface area contributed by atoms with E-state index in [1.807, 2.05) is 0 Å². The van der Waals surface area contributed by atoms with Gasteiger partial charge in [-0.05, 0) is 43.5 Å². The first-order valence-electron chi connectivity index (χ1n) is 12.4. The van der Waals surface area contributed by atoms with E-state index in [1.54, 1.807) is 24.5 Å². The molecule has 1 aromatic carbocycles. The van der Waals surface area contributed by atoms with Crippen LogP contribution in [0.2, 0.25) is 0 Å². The highest BCUT2D eigenvalue weighted by Gasteiger charge is 2.30. The molecule has 0 radical (unpaired) electrons. The average molecular weight is 528 g/mol. The van der Waals surface area contributed by atoms with Gasteiger partial charge in [0.1, 0.15) is 5.82 Å². The molecule has 1 aliphatic rings. The molecule has 1 saturated carbocycles. The van der Waals surface area contributed by atoms with E-state index in [4.69, 9.17) is 5.11 Å². The molecule has 38 heavy (non-hydrogen) atoms. The van der Waals surface area contributed by atoms with Gasteiger partial charge in [0.15, 0.2) is 5.82 Å². The van der Waals surface area contributed by atoms with Gasteiger partial charge in [0.2, 0.25) is 0 Å². The molecule has 0 unspecified atom stereocenters. The lowest BCUT2D eigenvalue weighted by molar-refractivity contribution is -0.138. The maximum absolute atomic E-state index is 12.8. The first-order chi connectivity index (χ1) is 18.2. The summed E-state index contributed by atoms with van der Waals surface area (Å²) in [6, 6.07) is 8.50. The summed E-state index contributed by atoms with van der Waals surface area (Å²) >= 11 is 0. The molecule has 4 rings (SSSR count). The van der Waals surface area contributed by atoms with Gasteiger partial charge in [0, 0.05) is 55.3 Å². The summed E-state index contributed by atoms with van der Waals surface area (Å²) in [6.45, 7) is 0.759. The van der Waals surface area contributed by atoms with Crippen molar-refractivity contribution in [1.82, 2.24) is 20.3 Å². The van der Waals surface area contributed by atoms with Crippen LogP contribution in [-0.4, -0.2) is 44.5 Å². The SMILES string of the molecule is O=C(O)CCCNC(=O)c1ccc(N(Cc2cnc(-c3ccc(C(F)(F)F)cc3)nc2)C2CCCC2)nc1. The minimum Gasteiger partial charge on any atom is -0.481 e. The highest BCUT2D eigenvalue weighted by atomic mass is 19.4. The van der Waals surface area contributed by atoms with Crippen LogP contribution in [0.25, 0.3) is 11.4 Å². The van der Waals surface area contributed by atoms with E-state index in [-0.39, 0.29) is 24.9 Å². The number of hydrogen-bond acceptors (Lipinski definition) is 6. The monoisotopic (exact) mass is 527 g/mol. The van der Waals surface area contributed by atoms with Gasteiger partial charge in [0.05, 0.1) is 11.1 Å². The van der Waals surface area contributed by atoms with Crippen LogP contribution in [0.3, 0.4) is 0 Å². The number of aromatic nitrogens is 3. The Morgan fingerprint density at radius 1 is 0.974 bits per heavy atom. The molecule has 0 saturated heterocycles. The quantitative estimate of drug-likeness (QED) is 0.353. The molecule has 200 valence electrons. The van der Waals surface area contributed by atoms with Gasteiger partial charge < -0.3 is 15.3 Å². The Balaban J connectivity index is 1.44. The molecular formula is C27H28F3N5O3. The fourth-order valence-electron chi connectivity index (χ4n) is 4.44. The van der Waals surface area contributed by atoms with E-state index < -0.39 is 17.7 Å². The van der Waals surface area contributed by atoms with E-state index in [0.29, 0.717) is 35.7 Å². The summed E-state index contributed by atoms with van der Waals surface area (Å²) in [7, 11) is 0. The molecule has 11 heteroatoms. The highest BCUT2D eigenvalue weighted by molar-refractivity contribution is 5.94. The van der Waals surface area contributed by atoms with E-state index in [0.717, 1.165) is 43.4 Å². The summed E-state index contributed by atoms with van der Waals surface area (Å²) in [5.74, 6) is -0.163. The molecule has 0 spiro atoms. The van der Waals surface area contributed by atoms with Crippen LogP contribution in [0.4, 0.5) is 19.0 Å². The topological polar surface area (TPSA) is 108 Å². The predicted molar refractivity (Wildman–Crippen MR) is 134 cm³/mol. The summed E-state index contributed by atoms with van der Waals surface area (Å²) in [5.41, 5.74) is 0.990. The number of carboxylic acids is 1. The minimum atomic E-state index is -4.40. The van der Waals surface area contributed by atoms with Crippen LogP contribution < -0.4 is 10.2 Å². The van der Waals surface area contributed by atoms with Crippen molar-refractivity contribution in [2.75, 3.05) is 11.4 Å². The molecule has 0 aliphatic heterocycles. The Labute approximate surface area is 218 Å². The van der Waals surface area contributed by atoms with Crippen LogP contribution in [0.15, 0.2) is 55.0 Å². The first kappa shape index (κ1) is 27.0. The fraction of sp³-hybridized carbons (Fsp3) is 0.370. The molecule has 2 N–H and O–H groups in total.